The van der Waals surface area contributed by atoms with Crippen LogP contribution in [0.2, 0.25) is 5.02 Å². The predicted octanol–water partition coefficient (Wildman–Crippen LogP) is 6.37. The lowest BCUT2D eigenvalue weighted by atomic mass is 9.90. The van der Waals surface area contributed by atoms with Gasteiger partial charge >= 0.3 is 0 Å². The van der Waals surface area contributed by atoms with Crippen LogP contribution in [0, 0.1) is 5.92 Å². The highest BCUT2D eigenvalue weighted by molar-refractivity contribution is 6.31. The molecule has 4 aromatic carbocycles. The standard InChI is InChI=1S/C32H27ClN2O5/c1-2-38-27-19-22(13-18-26(27)39-20-21-9-5-3-6-10-21)29-28-30(40-35(29)25-11-7-4-8-12-25)32(37)34(31(28)36)24-16-14-23(33)15-17-24/h3-19,28-30H,2,20H2,1H3/t28-,29+,30+/m1/s1. The maximum atomic E-state index is 13.9. The number of anilines is 2. The second-order valence-corrected chi connectivity index (χ2v) is 10.00. The van der Waals surface area contributed by atoms with Crippen molar-refractivity contribution in [3.8, 4) is 11.5 Å². The van der Waals surface area contributed by atoms with Crippen molar-refractivity contribution >= 4 is 34.8 Å². The second kappa shape index (κ2) is 11.0. The maximum absolute atomic E-state index is 13.9. The first-order valence-electron chi connectivity index (χ1n) is 13.1. The molecule has 2 amide bonds. The SMILES string of the molecule is CCOc1cc([C@H]2[C@H]3C(=O)N(c4ccc(Cl)cc4)C(=O)[C@H]3ON2c2ccccc2)ccc1OCc1ccccc1. The summed E-state index contributed by atoms with van der Waals surface area (Å²) in [6.45, 7) is 2.72. The molecule has 0 spiro atoms. The molecule has 4 aromatic rings. The lowest BCUT2D eigenvalue weighted by Crippen LogP contribution is -2.37. The lowest BCUT2D eigenvalue weighted by molar-refractivity contribution is -0.126. The molecule has 202 valence electrons. The molecule has 0 bridgehead atoms. The summed E-state index contributed by atoms with van der Waals surface area (Å²) < 4.78 is 12.1. The van der Waals surface area contributed by atoms with E-state index in [2.05, 4.69) is 0 Å². The molecule has 2 fully saturated rings. The Balaban J connectivity index is 1.37. The monoisotopic (exact) mass is 554 g/mol. The smallest absolute Gasteiger partial charge is 0.266 e. The molecule has 0 N–H and O–H groups in total. The first kappa shape index (κ1) is 25.9. The van der Waals surface area contributed by atoms with E-state index in [0.717, 1.165) is 16.8 Å². The van der Waals surface area contributed by atoms with Gasteiger partial charge in [-0.05, 0) is 66.6 Å². The zero-order valence-electron chi connectivity index (χ0n) is 21.8. The molecule has 2 aliphatic rings. The minimum absolute atomic E-state index is 0.330. The number of fused-ring (bicyclic) bond motifs is 1. The van der Waals surface area contributed by atoms with Crippen molar-refractivity contribution in [1.82, 2.24) is 0 Å². The first-order chi connectivity index (χ1) is 19.5. The highest BCUT2D eigenvalue weighted by Crippen LogP contribution is 2.48. The van der Waals surface area contributed by atoms with E-state index in [1.165, 1.54) is 4.90 Å². The number of hydroxylamine groups is 1. The summed E-state index contributed by atoms with van der Waals surface area (Å²) >= 11 is 6.05. The summed E-state index contributed by atoms with van der Waals surface area (Å²) in [4.78, 5) is 34.9. The zero-order chi connectivity index (χ0) is 27.6. The van der Waals surface area contributed by atoms with Crippen LogP contribution >= 0.6 is 11.6 Å². The number of carbonyl (C=O) groups excluding carboxylic acids is 2. The van der Waals surface area contributed by atoms with E-state index in [4.69, 9.17) is 25.9 Å². The molecular weight excluding hydrogens is 528 g/mol. The number of amides is 2. The van der Waals surface area contributed by atoms with E-state index in [9.17, 15) is 9.59 Å². The van der Waals surface area contributed by atoms with Gasteiger partial charge in [0.1, 0.15) is 12.5 Å². The minimum atomic E-state index is -0.974. The Bertz CT molecular complexity index is 1510. The van der Waals surface area contributed by atoms with E-state index in [0.29, 0.717) is 35.4 Å². The third-order valence-corrected chi connectivity index (χ3v) is 7.31. The van der Waals surface area contributed by atoms with Crippen LogP contribution in [0.5, 0.6) is 11.5 Å². The van der Waals surface area contributed by atoms with E-state index in [1.807, 2.05) is 85.8 Å². The Morgan fingerprint density at radius 1 is 0.775 bits per heavy atom. The molecule has 0 aromatic heterocycles. The predicted molar refractivity (Wildman–Crippen MR) is 152 cm³/mol. The molecule has 0 radical (unpaired) electrons. The summed E-state index contributed by atoms with van der Waals surface area (Å²) in [6, 6.07) is 31.0. The summed E-state index contributed by atoms with van der Waals surface area (Å²) in [5.41, 5.74) is 3.00. The Labute approximate surface area is 237 Å². The van der Waals surface area contributed by atoms with Crippen molar-refractivity contribution in [2.24, 2.45) is 5.92 Å². The number of nitrogens with zero attached hydrogens (tertiary/aromatic N) is 2. The molecule has 2 saturated heterocycles. The Kier molecular flexibility index (Phi) is 7.15. The highest BCUT2D eigenvalue weighted by Gasteiger charge is 2.60. The lowest BCUT2D eigenvalue weighted by Gasteiger charge is -2.29. The fourth-order valence-corrected chi connectivity index (χ4v) is 5.35. The summed E-state index contributed by atoms with van der Waals surface area (Å²) in [6.07, 6.45) is -0.974. The number of carbonyl (C=O) groups is 2. The van der Waals surface area contributed by atoms with Crippen LogP contribution in [0.3, 0.4) is 0 Å². The van der Waals surface area contributed by atoms with E-state index >= 15 is 0 Å². The van der Waals surface area contributed by atoms with Crippen molar-refractivity contribution in [2.45, 2.75) is 25.7 Å². The molecule has 40 heavy (non-hydrogen) atoms. The third-order valence-electron chi connectivity index (χ3n) is 7.06. The number of para-hydroxylation sites is 1. The normalized spacial score (nSPS) is 20.1. The van der Waals surface area contributed by atoms with Gasteiger partial charge in [-0.15, -0.1) is 0 Å². The second-order valence-electron chi connectivity index (χ2n) is 9.56. The zero-order valence-corrected chi connectivity index (χ0v) is 22.5. The van der Waals surface area contributed by atoms with E-state index in [-0.39, 0.29) is 5.91 Å². The van der Waals surface area contributed by atoms with Gasteiger partial charge < -0.3 is 9.47 Å². The van der Waals surface area contributed by atoms with Crippen molar-refractivity contribution in [3.05, 3.63) is 119 Å². The number of benzene rings is 4. The third kappa shape index (κ3) is 4.78. The Morgan fingerprint density at radius 2 is 1.48 bits per heavy atom. The van der Waals surface area contributed by atoms with Crippen LogP contribution in [0.25, 0.3) is 0 Å². The number of hydrogen-bond acceptors (Lipinski definition) is 6. The minimum Gasteiger partial charge on any atom is -0.490 e. The molecule has 8 heteroatoms. The quantitative estimate of drug-likeness (QED) is 0.236. The molecule has 0 saturated carbocycles. The van der Waals surface area contributed by atoms with Gasteiger partial charge in [-0.2, -0.15) is 0 Å². The van der Waals surface area contributed by atoms with Gasteiger partial charge in [-0.25, -0.2) is 9.96 Å². The van der Waals surface area contributed by atoms with Crippen LogP contribution in [-0.4, -0.2) is 24.5 Å². The van der Waals surface area contributed by atoms with Crippen LogP contribution in [-0.2, 0) is 21.0 Å². The van der Waals surface area contributed by atoms with Crippen molar-refractivity contribution in [2.75, 3.05) is 16.6 Å². The molecule has 0 unspecified atom stereocenters. The number of ether oxygens (including phenoxy) is 2. The van der Waals surface area contributed by atoms with E-state index < -0.39 is 24.0 Å². The largest absolute Gasteiger partial charge is 0.490 e. The van der Waals surface area contributed by atoms with Gasteiger partial charge in [0, 0.05) is 5.02 Å². The topological polar surface area (TPSA) is 68.3 Å². The van der Waals surface area contributed by atoms with Crippen molar-refractivity contribution < 1.29 is 23.9 Å². The maximum Gasteiger partial charge on any atom is 0.266 e. The van der Waals surface area contributed by atoms with Crippen LogP contribution in [0.1, 0.15) is 24.1 Å². The summed E-state index contributed by atoms with van der Waals surface area (Å²) in [7, 11) is 0. The molecular formula is C32H27ClN2O5. The molecule has 0 aliphatic carbocycles. The van der Waals surface area contributed by atoms with Gasteiger partial charge in [-0.3, -0.25) is 14.4 Å². The van der Waals surface area contributed by atoms with Gasteiger partial charge in [0.2, 0.25) is 5.91 Å². The molecule has 2 heterocycles. The van der Waals surface area contributed by atoms with Crippen molar-refractivity contribution in [3.63, 3.8) is 0 Å². The van der Waals surface area contributed by atoms with Crippen LogP contribution in [0.15, 0.2) is 103 Å². The molecule has 6 rings (SSSR count). The van der Waals surface area contributed by atoms with Gasteiger partial charge in [0.15, 0.2) is 17.6 Å². The van der Waals surface area contributed by atoms with Crippen molar-refractivity contribution in [1.29, 1.82) is 0 Å². The summed E-state index contributed by atoms with van der Waals surface area (Å²) in [5, 5.41) is 2.19. The van der Waals surface area contributed by atoms with Gasteiger partial charge in [-0.1, -0.05) is 66.2 Å². The number of halogens is 1. The highest BCUT2D eigenvalue weighted by atomic mass is 35.5. The first-order valence-corrected chi connectivity index (χ1v) is 13.5. The molecule has 3 atom stereocenters. The number of imide groups is 1. The van der Waals surface area contributed by atoms with Crippen LogP contribution < -0.4 is 19.4 Å². The molecule has 2 aliphatic heterocycles. The number of hydrogen-bond donors (Lipinski definition) is 0. The fourth-order valence-electron chi connectivity index (χ4n) is 5.23. The Morgan fingerprint density at radius 3 is 2.17 bits per heavy atom. The summed E-state index contributed by atoms with van der Waals surface area (Å²) in [5.74, 6) is -0.364. The molecule has 7 nitrogen and oxygen atoms in total. The number of rotatable bonds is 8. The van der Waals surface area contributed by atoms with Crippen LogP contribution in [0.4, 0.5) is 11.4 Å². The van der Waals surface area contributed by atoms with Gasteiger partial charge in [0.05, 0.1) is 24.0 Å². The van der Waals surface area contributed by atoms with Gasteiger partial charge in [0.25, 0.3) is 5.91 Å². The fraction of sp³-hybridized carbons (Fsp3) is 0.188. The van der Waals surface area contributed by atoms with E-state index in [1.54, 1.807) is 29.3 Å². The average molecular weight is 555 g/mol. The Hall–Kier alpha value is -4.33. The average Bonchev–Trinajstić information content (AvgIpc) is 3.49.